The third kappa shape index (κ3) is 2.80. The lowest BCUT2D eigenvalue weighted by Gasteiger charge is -2.20. The molecule has 0 saturated heterocycles. The van der Waals surface area contributed by atoms with E-state index in [1.54, 1.807) is 6.20 Å². The summed E-state index contributed by atoms with van der Waals surface area (Å²) >= 11 is 6.30. The maximum Gasteiger partial charge on any atom is 0.0934 e. The zero-order valence-corrected chi connectivity index (χ0v) is 12.4. The predicted octanol–water partition coefficient (Wildman–Crippen LogP) is 3.13. The van der Waals surface area contributed by atoms with E-state index < -0.39 is 0 Å². The van der Waals surface area contributed by atoms with Crippen molar-refractivity contribution in [1.82, 2.24) is 20.1 Å². The van der Waals surface area contributed by atoms with E-state index in [4.69, 9.17) is 11.6 Å². The summed E-state index contributed by atoms with van der Waals surface area (Å²) < 4.78 is 1.94. The van der Waals surface area contributed by atoms with Gasteiger partial charge in [-0.1, -0.05) is 17.7 Å². The minimum atomic E-state index is -0.0581. The predicted molar refractivity (Wildman–Crippen MR) is 77.5 cm³/mol. The number of aromatic nitrogens is 3. The first-order valence-electron chi connectivity index (χ1n) is 6.38. The summed E-state index contributed by atoms with van der Waals surface area (Å²) in [6.07, 6.45) is 1.69. The smallest absolute Gasteiger partial charge is 0.0934 e. The van der Waals surface area contributed by atoms with E-state index >= 15 is 0 Å². The number of halogens is 1. The molecule has 2 aromatic heterocycles. The van der Waals surface area contributed by atoms with Gasteiger partial charge in [0.15, 0.2) is 0 Å². The van der Waals surface area contributed by atoms with E-state index in [0.29, 0.717) is 5.02 Å². The Balaban J connectivity index is 2.51. The molecule has 2 rings (SSSR count). The molecule has 1 N–H and O–H groups in total. The normalized spacial score (nSPS) is 12.9. The van der Waals surface area contributed by atoms with Gasteiger partial charge in [-0.3, -0.25) is 9.67 Å². The number of pyridine rings is 1. The summed E-state index contributed by atoms with van der Waals surface area (Å²) in [6.45, 7) is 6.16. The summed E-state index contributed by atoms with van der Waals surface area (Å²) in [5.74, 6) is 0. The molecule has 0 aliphatic carbocycles. The van der Waals surface area contributed by atoms with E-state index in [1.165, 1.54) is 0 Å². The summed E-state index contributed by atoms with van der Waals surface area (Å²) in [5.41, 5.74) is 2.90. The Morgan fingerprint density at radius 3 is 2.63 bits per heavy atom. The molecule has 0 spiro atoms. The highest BCUT2D eigenvalue weighted by Gasteiger charge is 2.23. The van der Waals surface area contributed by atoms with Crippen LogP contribution < -0.4 is 5.32 Å². The first-order valence-corrected chi connectivity index (χ1v) is 6.76. The van der Waals surface area contributed by atoms with Crippen molar-refractivity contribution in [2.45, 2.75) is 32.9 Å². The molecule has 5 heteroatoms. The van der Waals surface area contributed by atoms with Crippen molar-refractivity contribution in [3.63, 3.8) is 0 Å². The lowest BCUT2D eigenvalue weighted by molar-refractivity contribution is 0.481. The monoisotopic (exact) mass is 278 g/mol. The topological polar surface area (TPSA) is 42.7 Å². The molecule has 0 aliphatic rings. The molecule has 1 atom stereocenters. The molecule has 1 unspecified atom stereocenters. The van der Waals surface area contributed by atoms with E-state index in [-0.39, 0.29) is 12.1 Å². The van der Waals surface area contributed by atoms with Gasteiger partial charge < -0.3 is 5.32 Å². The second-order valence-electron chi connectivity index (χ2n) is 4.84. The lowest BCUT2D eigenvalue weighted by atomic mass is 10.1. The quantitative estimate of drug-likeness (QED) is 0.934. The molecule has 2 aromatic rings. The van der Waals surface area contributed by atoms with Crippen LogP contribution in [0.4, 0.5) is 0 Å². The minimum absolute atomic E-state index is 0.0581. The molecular formula is C14H19ClN4. The Hall–Kier alpha value is -1.39. The largest absolute Gasteiger partial charge is 0.307 e. The van der Waals surface area contributed by atoms with Gasteiger partial charge in [0.05, 0.1) is 28.6 Å². The molecule has 2 heterocycles. The average molecular weight is 279 g/mol. The van der Waals surface area contributed by atoms with Crippen LogP contribution in [0.3, 0.4) is 0 Å². The van der Waals surface area contributed by atoms with Crippen molar-refractivity contribution in [3.05, 3.63) is 46.5 Å². The van der Waals surface area contributed by atoms with Crippen LogP contribution in [0, 0.1) is 6.92 Å². The molecule has 0 bridgehead atoms. The van der Waals surface area contributed by atoms with Gasteiger partial charge in [0.2, 0.25) is 0 Å². The van der Waals surface area contributed by atoms with Gasteiger partial charge in [-0.05, 0) is 40.0 Å². The van der Waals surface area contributed by atoms with Gasteiger partial charge in [-0.25, -0.2) is 0 Å². The molecule has 0 amide bonds. The summed E-state index contributed by atoms with van der Waals surface area (Å²) in [6, 6.07) is 6.19. The molecule has 19 heavy (non-hydrogen) atoms. The van der Waals surface area contributed by atoms with Gasteiger partial charge in [0, 0.05) is 11.7 Å². The zero-order chi connectivity index (χ0) is 14.0. The number of nitrogens with one attached hydrogen (secondary N) is 1. The molecular weight excluding hydrogens is 260 g/mol. The van der Waals surface area contributed by atoms with Crippen molar-refractivity contribution in [2.24, 2.45) is 0 Å². The summed E-state index contributed by atoms with van der Waals surface area (Å²) in [4.78, 5) is 4.58. The SMILES string of the molecule is CNC(c1cccc(C)n1)c1c(Cl)cnn1C(C)C. The highest BCUT2D eigenvalue weighted by molar-refractivity contribution is 6.31. The molecule has 0 radical (unpaired) electrons. The van der Waals surface area contributed by atoms with Crippen LogP contribution >= 0.6 is 11.6 Å². The minimum Gasteiger partial charge on any atom is -0.307 e. The fourth-order valence-electron chi connectivity index (χ4n) is 2.18. The number of hydrogen-bond donors (Lipinski definition) is 1. The van der Waals surface area contributed by atoms with Crippen LogP contribution in [-0.4, -0.2) is 21.8 Å². The Morgan fingerprint density at radius 1 is 1.32 bits per heavy atom. The third-order valence-corrected chi connectivity index (χ3v) is 3.34. The van der Waals surface area contributed by atoms with Crippen molar-refractivity contribution >= 4 is 11.6 Å². The molecule has 4 nitrogen and oxygen atoms in total. The van der Waals surface area contributed by atoms with Crippen LogP contribution in [0.2, 0.25) is 5.02 Å². The molecule has 0 saturated carbocycles. The van der Waals surface area contributed by atoms with Gasteiger partial charge >= 0.3 is 0 Å². The number of aryl methyl sites for hydroxylation is 1. The third-order valence-electron chi connectivity index (χ3n) is 3.04. The van der Waals surface area contributed by atoms with Crippen molar-refractivity contribution < 1.29 is 0 Å². The Labute approximate surface area is 118 Å². The molecule has 0 aliphatic heterocycles. The van der Waals surface area contributed by atoms with E-state index in [2.05, 4.69) is 29.2 Å². The highest BCUT2D eigenvalue weighted by Crippen LogP contribution is 2.29. The summed E-state index contributed by atoms with van der Waals surface area (Å²) in [5, 5.41) is 8.29. The second-order valence-corrected chi connectivity index (χ2v) is 5.25. The fourth-order valence-corrected chi connectivity index (χ4v) is 2.42. The Kier molecular flexibility index (Phi) is 4.22. The number of rotatable bonds is 4. The van der Waals surface area contributed by atoms with Crippen LogP contribution in [0.15, 0.2) is 24.4 Å². The van der Waals surface area contributed by atoms with E-state index in [9.17, 15) is 0 Å². The lowest BCUT2D eigenvalue weighted by Crippen LogP contribution is -2.23. The maximum atomic E-state index is 6.30. The van der Waals surface area contributed by atoms with Crippen LogP contribution in [0.1, 0.15) is 43.0 Å². The number of nitrogens with zero attached hydrogens (tertiary/aromatic N) is 3. The second kappa shape index (κ2) is 5.72. The standard InChI is InChI=1S/C14H19ClN4/c1-9(2)19-14(11(15)8-17-19)13(16-4)12-7-5-6-10(3)18-12/h5-9,13,16H,1-4H3. The van der Waals surface area contributed by atoms with Gasteiger partial charge in [0.1, 0.15) is 0 Å². The zero-order valence-electron chi connectivity index (χ0n) is 11.7. The van der Waals surface area contributed by atoms with Crippen LogP contribution in [0.25, 0.3) is 0 Å². The first-order chi connectivity index (χ1) is 9.04. The summed E-state index contributed by atoms with van der Waals surface area (Å²) in [7, 11) is 1.91. The van der Waals surface area contributed by atoms with Gasteiger partial charge in [0.25, 0.3) is 0 Å². The molecule has 0 fully saturated rings. The van der Waals surface area contributed by atoms with Crippen LogP contribution in [-0.2, 0) is 0 Å². The van der Waals surface area contributed by atoms with Crippen molar-refractivity contribution in [2.75, 3.05) is 7.05 Å². The van der Waals surface area contributed by atoms with Crippen molar-refractivity contribution in [1.29, 1.82) is 0 Å². The fraction of sp³-hybridized carbons (Fsp3) is 0.429. The van der Waals surface area contributed by atoms with Crippen molar-refractivity contribution in [3.8, 4) is 0 Å². The highest BCUT2D eigenvalue weighted by atomic mass is 35.5. The molecule has 0 aromatic carbocycles. The van der Waals surface area contributed by atoms with E-state index in [0.717, 1.165) is 17.1 Å². The van der Waals surface area contributed by atoms with Gasteiger partial charge in [-0.2, -0.15) is 5.10 Å². The van der Waals surface area contributed by atoms with Gasteiger partial charge in [-0.15, -0.1) is 0 Å². The maximum absolute atomic E-state index is 6.30. The molecule has 102 valence electrons. The van der Waals surface area contributed by atoms with E-state index in [1.807, 2.05) is 36.9 Å². The first kappa shape index (κ1) is 14.0. The average Bonchev–Trinajstić information content (AvgIpc) is 2.73. The van der Waals surface area contributed by atoms with Crippen LogP contribution in [0.5, 0.6) is 0 Å². The Morgan fingerprint density at radius 2 is 2.05 bits per heavy atom. The number of hydrogen-bond acceptors (Lipinski definition) is 3. The Bertz CT molecular complexity index is 562.